The quantitative estimate of drug-likeness (QED) is 0.873. The summed E-state index contributed by atoms with van der Waals surface area (Å²) >= 11 is 0. The summed E-state index contributed by atoms with van der Waals surface area (Å²) in [6.07, 6.45) is 1.91. The van der Waals surface area contributed by atoms with Crippen LogP contribution in [-0.2, 0) is 4.79 Å². The van der Waals surface area contributed by atoms with E-state index in [-0.39, 0.29) is 5.91 Å². The van der Waals surface area contributed by atoms with Crippen LogP contribution in [0.15, 0.2) is 48.7 Å². The number of anilines is 2. The summed E-state index contributed by atoms with van der Waals surface area (Å²) in [5.74, 6) is 0.657. The van der Waals surface area contributed by atoms with Crippen LogP contribution in [0.2, 0.25) is 0 Å². The van der Waals surface area contributed by atoms with Crippen LogP contribution >= 0.6 is 0 Å². The molecule has 0 saturated carbocycles. The molecule has 0 radical (unpaired) electrons. The van der Waals surface area contributed by atoms with Gasteiger partial charge in [-0.25, -0.2) is 0 Å². The van der Waals surface area contributed by atoms with E-state index in [1.807, 2.05) is 36.5 Å². The van der Waals surface area contributed by atoms with Gasteiger partial charge in [-0.1, -0.05) is 12.1 Å². The van der Waals surface area contributed by atoms with E-state index in [0.717, 1.165) is 29.2 Å². The molecule has 2 aromatic carbocycles. The summed E-state index contributed by atoms with van der Waals surface area (Å²) in [6.45, 7) is 4.91. The summed E-state index contributed by atoms with van der Waals surface area (Å²) in [7, 11) is 1.63. The fourth-order valence-electron chi connectivity index (χ4n) is 2.73. The molecule has 4 heteroatoms. The van der Waals surface area contributed by atoms with E-state index < -0.39 is 0 Å². The predicted molar refractivity (Wildman–Crippen MR) is 93.8 cm³/mol. The Bertz CT molecular complexity index is 781. The van der Waals surface area contributed by atoms with E-state index in [1.165, 1.54) is 5.56 Å². The minimum Gasteiger partial charge on any atom is -0.497 e. The molecule has 0 saturated heterocycles. The normalized spacial score (nSPS) is 14.6. The molecule has 0 aromatic heterocycles. The number of carbonyl (C=O) groups is 1. The number of rotatable bonds is 4. The smallest absolute Gasteiger partial charge is 0.257 e. The molecule has 0 spiro atoms. The second kappa shape index (κ2) is 6.16. The molecule has 0 unspecified atom stereocenters. The van der Waals surface area contributed by atoms with Crippen molar-refractivity contribution in [3.05, 3.63) is 59.8 Å². The van der Waals surface area contributed by atoms with Gasteiger partial charge in [0, 0.05) is 29.7 Å². The van der Waals surface area contributed by atoms with Crippen LogP contribution < -0.4 is 15.0 Å². The summed E-state index contributed by atoms with van der Waals surface area (Å²) in [5.41, 5.74) is 4.62. The van der Waals surface area contributed by atoms with Crippen molar-refractivity contribution in [3.8, 4) is 5.75 Å². The van der Waals surface area contributed by atoms with Gasteiger partial charge >= 0.3 is 0 Å². The number of nitrogens with zero attached hydrogens (tertiary/aromatic N) is 1. The van der Waals surface area contributed by atoms with Crippen molar-refractivity contribution in [3.63, 3.8) is 0 Å². The zero-order valence-electron chi connectivity index (χ0n) is 13.6. The number of fused-ring (bicyclic) bond motifs is 1. The number of hydrogen-bond acceptors (Lipinski definition) is 3. The number of aryl methyl sites for hydroxylation is 1. The van der Waals surface area contributed by atoms with Crippen LogP contribution in [0.4, 0.5) is 11.4 Å². The van der Waals surface area contributed by atoms with Crippen LogP contribution in [0, 0.1) is 6.92 Å². The SMILES string of the molecule is CCN(/C=C1/C(=O)Nc2ccc(OC)cc21)c1cccc(C)c1. The highest BCUT2D eigenvalue weighted by atomic mass is 16.5. The average molecular weight is 308 g/mol. The molecule has 0 bridgehead atoms. The molecule has 1 heterocycles. The predicted octanol–water partition coefficient (Wildman–Crippen LogP) is 3.82. The minimum absolute atomic E-state index is 0.0839. The zero-order valence-corrected chi connectivity index (χ0v) is 13.6. The Morgan fingerprint density at radius 1 is 1.22 bits per heavy atom. The molecule has 23 heavy (non-hydrogen) atoms. The molecular formula is C19H20N2O2. The van der Waals surface area contributed by atoms with E-state index in [1.54, 1.807) is 7.11 Å². The van der Waals surface area contributed by atoms with E-state index >= 15 is 0 Å². The van der Waals surface area contributed by atoms with Gasteiger partial charge in [0.1, 0.15) is 5.75 Å². The number of ether oxygens (including phenoxy) is 1. The lowest BCUT2D eigenvalue weighted by atomic mass is 10.1. The molecule has 0 aliphatic carbocycles. The van der Waals surface area contributed by atoms with Gasteiger partial charge in [0.2, 0.25) is 0 Å². The molecular weight excluding hydrogens is 288 g/mol. The van der Waals surface area contributed by atoms with E-state index in [9.17, 15) is 4.79 Å². The van der Waals surface area contributed by atoms with Crippen molar-refractivity contribution in [1.29, 1.82) is 0 Å². The molecule has 0 fully saturated rings. The molecule has 2 aromatic rings. The molecule has 118 valence electrons. The second-order valence-corrected chi connectivity index (χ2v) is 5.53. The summed E-state index contributed by atoms with van der Waals surface area (Å²) < 4.78 is 5.27. The maximum atomic E-state index is 12.3. The number of carbonyl (C=O) groups excluding carboxylic acids is 1. The molecule has 1 amide bonds. The van der Waals surface area contributed by atoms with Crippen molar-refractivity contribution >= 4 is 22.9 Å². The van der Waals surface area contributed by atoms with Gasteiger partial charge in [-0.05, 0) is 49.7 Å². The minimum atomic E-state index is -0.0839. The van der Waals surface area contributed by atoms with Gasteiger partial charge in [0.25, 0.3) is 5.91 Å². The summed E-state index contributed by atoms with van der Waals surface area (Å²) in [5, 5.41) is 2.90. The first kappa shape index (κ1) is 15.2. The average Bonchev–Trinajstić information content (AvgIpc) is 2.87. The van der Waals surface area contributed by atoms with Crippen LogP contribution in [0.5, 0.6) is 5.75 Å². The third-order valence-corrected chi connectivity index (χ3v) is 3.97. The highest BCUT2D eigenvalue weighted by Gasteiger charge is 2.25. The number of benzene rings is 2. The van der Waals surface area contributed by atoms with Crippen molar-refractivity contribution in [2.75, 3.05) is 23.9 Å². The maximum Gasteiger partial charge on any atom is 0.257 e. The Kier molecular flexibility index (Phi) is 4.06. The van der Waals surface area contributed by atoms with Gasteiger partial charge in [-0.2, -0.15) is 0 Å². The third-order valence-electron chi connectivity index (χ3n) is 3.97. The van der Waals surface area contributed by atoms with Gasteiger partial charge in [-0.15, -0.1) is 0 Å². The lowest BCUT2D eigenvalue weighted by Gasteiger charge is -2.20. The Hall–Kier alpha value is -2.75. The molecule has 1 aliphatic heterocycles. The van der Waals surface area contributed by atoms with Gasteiger partial charge in [0.05, 0.1) is 12.7 Å². The van der Waals surface area contributed by atoms with E-state index in [0.29, 0.717) is 5.57 Å². The number of amides is 1. The lowest BCUT2D eigenvalue weighted by molar-refractivity contribution is -0.110. The summed E-state index contributed by atoms with van der Waals surface area (Å²) in [4.78, 5) is 14.4. The number of methoxy groups -OCH3 is 1. The van der Waals surface area contributed by atoms with Gasteiger partial charge < -0.3 is 15.0 Å². The van der Waals surface area contributed by atoms with Crippen molar-refractivity contribution in [2.45, 2.75) is 13.8 Å². The first-order valence-corrected chi connectivity index (χ1v) is 7.67. The molecule has 1 N–H and O–H groups in total. The highest BCUT2D eigenvalue weighted by Crippen LogP contribution is 2.35. The number of hydrogen-bond donors (Lipinski definition) is 1. The van der Waals surface area contributed by atoms with Crippen molar-refractivity contribution in [2.24, 2.45) is 0 Å². The van der Waals surface area contributed by atoms with Crippen LogP contribution in [0.1, 0.15) is 18.1 Å². The Morgan fingerprint density at radius 2 is 2.04 bits per heavy atom. The van der Waals surface area contributed by atoms with E-state index in [4.69, 9.17) is 4.74 Å². The largest absolute Gasteiger partial charge is 0.497 e. The Morgan fingerprint density at radius 3 is 2.74 bits per heavy atom. The first-order chi connectivity index (χ1) is 11.1. The second-order valence-electron chi connectivity index (χ2n) is 5.53. The molecule has 4 nitrogen and oxygen atoms in total. The summed E-state index contributed by atoms with van der Waals surface area (Å²) in [6, 6.07) is 13.9. The fraction of sp³-hybridized carbons (Fsp3) is 0.211. The van der Waals surface area contributed by atoms with E-state index in [2.05, 4.69) is 36.2 Å². The van der Waals surface area contributed by atoms with Gasteiger partial charge in [-0.3, -0.25) is 4.79 Å². The third kappa shape index (κ3) is 2.93. The zero-order chi connectivity index (χ0) is 16.4. The molecule has 0 atom stereocenters. The van der Waals surface area contributed by atoms with Crippen molar-refractivity contribution in [1.82, 2.24) is 0 Å². The Balaban J connectivity index is 2.03. The van der Waals surface area contributed by atoms with Crippen LogP contribution in [0.3, 0.4) is 0 Å². The van der Waals surface area contributed by atoms with Crippen molar-refractivity contribution < 1.29 is 9.53 Å². The molecule has 1 aliphatic rings. The highest BCUT2D eigenvalue weighted by molar-refractivity contribution is 6.31. The van der Waals surface area contributed by atoms with Crippen LogP contribution in [-0.4, -0.2) is 19.6 Å². The monoisotopic (exact) mass is 308 g/mol. The van der Waals surface area contributed by atoms with Crippen LogP contribution in [0.25, 0.3) is 5.57 Å². The number of nitrogens with one attached hydrogen (secondary N) is 1. The van der Waals surface area contributed by atoms with Gasteiger partial charge in [0.15, 0.2) is 0 Å². The first-order valence-electron chi connectivity index (χ1n) is 7.67. The maximum absolute atomic E-state index is 12.3. The Labute approximate surface area is 136 Å². The molecule has 3 rings (SSSR count). The standard InChI is InChI=1S/C19H20N2O2/c1-4-21(14-7-5-6-13(2)10-14)12-17-16-11-15(23-3)8-9-18(16)20-19(17)22/h5-12H,4H2,1-3H3,(H,20,22)/b17-12+. The fourth-order valence-corrected chi connectivity index (χ4v) is 2.73. The topological polar surface area (TPSA) is 41.6 Å². The lowest BCUT2D eigenvalue weighted by Crippen LogP contribution is -2.17.